The summed E-state index contributed by atoms with van der Waals surface area (Å²) in [6.45, 7) is 5.67. The third kappa shape index (κ3) is 3.52. The molecule has 6 nitrogen and oxygen atoms in total. The summed E-state index contributed by atoms with van der Waals surface area (Å²) < 4.78 is 5.29. The number of allylic oxidation sites excluding steroid dienone is 2. The highest BCUT2D eigenvalue weighted by Crippen LogP contribution is 2.46. The Morgan fingerprint density at radius 1 is 1.21 bits per heavy atom. The lowest BCUT2D eigenvalue weighted by Gasteiger charge is -2.41. The van der Waals surface area contributed by atoms with Gasteiger partial charge < -0.3 is 20.1 Å². The van der Waals surface area contributed by atoms with Crippen LogP contribution in [0, 0.1) is 5.92 Å². The van der Waals surface area contributed by atoms with E-state index in [1.807, 2.05) is 4.90 Å². The van der Waals surface area contributed by atoms with E-state index in [-0.39, 0.29) is 17.4 Å². The molecule has 2 aliphatic heterocycles. The highest BCUT2D eigenvalue weighted by molar-refractivity contribution is 6.00. The van der Waals surface area contributed by atoms with Gasteiger partial charge >= 0.3 is 0 Å². The minimum atomic E-state index is -0.553. The van der Waals surface area contributed by atoms with E-state index in [4.69, 9.17) is 4.74 Å². The normalized spacial score (nSPS) is 24.8. The standard InChI is InChI=1S/C23H28N2O4/c1-14-20(23(28)25-11-4-3-5-12-25)21(15-9-10-17(26)19(13-15)29-2)22-16(24-14)7-6-8-18(22)27/h9-10,13,20-21,24,26H,1,3-8,11-12H2,2H3. The molecule has 154 valence electrons. The predicted molar refractivity (Wildman–Crippen MR) is 109 cm³/mol. The monoisotopic (exact) mass is 396 g/mol. The number of piperidine rings is 1. The van der Waals surface area contributed by atoms with Crippen LogP contribution in [-0.2, 0) is 9.59 Å². The highest BCUT2D eigenvalue weighted by Gasteiger charge is 2.44. The van der Waals surface area contributed by atoms with Crippen LogP contribution in [0.4, 0.5) is 0 Å². The molecule has 1 aliphatic carbocycles. The second kappa shape index (κ2) is 7.93. The Labute approximate surface area is 171 Å². The number of hydrogen-bond donors (Lipinski definition) is 2. The molecule has 6 heteroatoms. The molecule has 1 amide bonds. The van der Waals surface area contributed by atoms with E-state index in [0.29, 0.717) is 23.4 Å². The summed E-state index contributed by atoms with van der Waals surface area (Å²) in [5, 5.41) is 13.3. The number of carbonyl (C=O) groups excluding carboxylic acids is 2. The van der Waals surface area contributed by atoms with Crippen LogP contribution < -0.4 is 10.1 Å². The number of hydrogen-bond acceptors (Lipinski definition) is 5. The van der Waals surface area contributed by atoms with Crippen molar-refractivity contribution in [3.05, 3.63) is 47.3 Å². The molecule has 0 bridgehead atoms. The summed E-state index contributed by atoms with van der Waals surface area (Å²) in [5.74, 6) is -0.504. The molecule has 0 radical (unpaired) electrons. The number of likely N-dealkylation sites (tertiary alicyclic amines) is 1. The number of amides is 1. The van der Waals surface area contributed by atoms with E-state index in [2.05, 4.69) is 11.9 Å². The maximum absolute atomic E-state index is 13.6. The van der Waals surface area contributed by atoms with Crippen molar-refractivity contribution in [1.82, 2.24) is 10.2 Å². The molecule has 0 saturated carbocycles. The second-order valence-electron chi connectivity index (χ2n) is 8.09. The minimum absolute atomic E-state index is 0.0177. The first kappa shape index (κ1) is 19.6. The maximum atomic E-state index is 13.6. The number of ether oxygens (including phenoxy) is 1. The first-order chi connectivity index (χ1) is 14.0. The summed E-state index contributed by atoms with van der Waals surface area (Å²) >= 11 is 0. The molecule has 1 fully saturated rings. The number of carbonyl (C=O) groups is 2. The molecule has 1 aromatic carbocycles. The van der Waals surface area contributed by atoms with Gasteiger partial charge in [0.05, 0.1) is 13.0 Å². The lowest BCUT2D eigenvalue weighted by Crippen LogP contribution is -2.47. The number of nitrogens with zero attached hydrogens (tertiary/aromatic N) is 1. The molecular weight excluding hydrogens is 368 g/mol. The Balaban J connectivity index is 1.82. The van der Waals surface area contributed by atoms with E-state index >= 15 is 0 Å². The van der Waals surface area contributed by atoms with Gasteiger partial charge in [0.1, 0.15) is 0 Å². The van der Waals surface area contributed by atoms with E-state index in [1.165, 1.54) is 7.11 Å². The van der Waals surface area contributed by atoms with Crippen LogP contribution in [0.2, 0.25) is 0 Å². The Bertz CT molecular complexity index is 883. The van der Waals surface area contributed by atoms with Crippen molar-refractivity contribution < 1.29 is 19.4 Å². The Morgan fingerprint density at radius 3 is 2.69 bits per heavy atom. The van der Waals surface area contributed by atoms with Crippen molar-refractivity contribution in [3.8, 4) is 11.5 Å². The number of nitrogens with one attached hydrogen (secondary N) is 1. The van der Waals surface area contributed by atoms with E-state index in [1.54, 1.807) is 18.2 Å². The molecule has 2 heterocycles. The molecule has 0 aromatic heterocycles. The van der Waals surface area contributed by atoms with Gasteiger partial charge in [0.2, 0.25) is 5.91 Å². The highest BCUT2D eigenvalue weighted by atomic mass is 16.5. The van der Waals surface area contributed by atoms with Crippen LogP contribution in [0.25, 0.3) is 0 Å². The van der Waals surface area contributed by atoms with Crippen molar-refractivity contribution in [2.45, 2.75) is 44.4 Å². The van der Waals surface area contributed by atoms with Gasteiger partial charge in [-0.05, 0) is 49.8 Å². The van der Waals surface area contributed by atoms with Crippen molar-refractivity contribution >= 4 is 11.7 Å². The molecular formula is C23H28N2O4. The fourth-order valence-corrected chi connectivity index (χ4v) is 4.84. The predicted octanol–water partition coefficient (Wildman–Crippen LogP) is 3.24. The molecule has 2 unspecified atom stereocenters. The van der Waals surface area contributed by atoms with E-state index in [9.17, 15) is 14.7 Å². The van der Waals surface area contributed by atoms with Crippen LogP contribution in [0.5, 0.6) is 11.5 Å². The second-order valence-corrected chi connectivity index (χ2v) is 8.09. The zero-order chi connectivity index (χ0) is 20.5. The third-order valence-corrected chi connectivity index (χ3v) is 6.28. The zero-order valence-corrected chi connectivity index (χ0v) is 16.9. The minimum Gasteiger partial charge on any atom is -0.504 e. The summed E-state index contributed by atoms with van der Waals surface area (Å²) in [5.41, 5.74) is 3.00. The molecule has 4 rings (SSSR count). The topological polar surface area (TPSA) is 78.9 Å². The van der Waals surface area contributed by atoms with Crippen molar-refractivity contribution in [3.63, 3.8) is 0 Å². The van der Waals surface area contributed by atoms with Gasteiger partial charge in [-0.2, -0.15) is 0 Å². The van der Waals surface area contributed by atoms with Crippen LogP contribution in [0.3, 0.4) is 0 Å². The maximum Gasteiger partial charge on any atom is 0.232 e. The van der Waals surface area contributed by atoms with E-state index < -0.39 is 11.8 Å². The Morgan fingerprint density at radius 2 is 1.97 bits per heavy atom. The summed E-state index contributed by atoms with van der Waals surface area (Å²) in [6.07, 6.45) is 5.21. The van der Waals surface area contributed by atoms with Crippen LogP contribution in [-0.4, -0.2) is 41.9 Å². The van der Waals surface area contributed by atoms with Crippen LogP contribution >= 0.6 is 0 Å². The van der Waals surface area contributed by atoms with Crippen molar-refractivity contribution in [2.24, 2.45) is 5.92 Å². The number of benzene rings is 1. The molecule has 2 N–H and O–H groups in total. The fourth-order valence-electron chi connectivity index (χ4n) is 4.84. The molecule has 3 aliphatic rings. The quantitative estimate of drug-likeness (QED) is 0.820. The van der Waals surface area contributed by atoms with Gasteiger partial charge in [-0.25, -0.2) is 0 Å². The van der Waals surface area contributed by atoms with Crippen molar-refractivity contribution in [1.29, 1.82) is 0 Å². The van der Waals surface area contributed by atoms with Gasteiger partial charge in [0, 0.05) is 42.4 Å². The lowest BCUT2D eigenvalue weighted by atomic mass is 9.71. The van der Waals surface area contributed by atoms with Gasteiger partial charge in [-0.15, -0.1) is 0 Å². The number of aromatic hydroxyl groups is 1. The lowest BCUT2D eigenvalue weighted by molar-refractivity contribution is -0.136. The smallest absolute Gasteiger partial charge is 0.232 e. The summed E-state index contributed by atoms with van der Waals surface area (Å²) in [7, 11) is 1.49. The number of rotatable bonds is 3. The average Bonchev–Trinajstić information content (AvgIpc) is 2.73. The van der Waals surface area contributed by atoms with Crippen molar-refractivity contribution in [2.75, 3.05) is 20.2 Å². The number of phenols is 1. The van der Waals surface area contributed by atoms with Gasteiger partial charge in [0.25, 0.3) is 0 Å². The summed E-state index contributed by atoms with van der Waals surface area (Å²) in [4.78, 5) is 28.4. The largest absolute Gasteiger partial charge is 0.504 e. The van der Waals surface area contributed by atoms with Crippen LogP contribution in [0.15, 0.2) is 41.7 Å². The molecule has 1 saturated heterocycles. The van der Waals surface area contributed by atoms with Gasteiger partial charge in [-0.3, -0.25) is 9.59 Å². The SMILES string of the molecule is C=C1NC2=C(C(=O)CCC2)C(c2ccc(O)c(OC)c2)C1C(=O)N1CCCCC1. The third-order valence-electron chi connectivity index (χ3n) is 6.28. The van der Waals surface area contributed by atoms with E-state index in [0.717, 1.165) is 56.5 Å². The fraction of sp³-hybridized carbons (Fsp3) is 0.478. The molecule has 0 spiro atoms. The number of Topliss-reactive ketones (excluding diaryl/α,β-unsaturated/α-hetero) is 1. The summed E-state index contributed by atoms with van der Waals surface area (Å²) in [6, 6.07) is 5.08. The van der Waals surface area contributed by atoms with Crippen LogP contribution in [0.1, 0.15) is 50.0 Å². The van der Waals surface area contributed by atoms with Gasteiger partial charge in [-0.1, -0.05) is 12.6 Å². The molecule has 1 aromatic rings. The first-order valence-electron chi connectivity index (χ1n) is 10.4. The first-order valence-corrected chi connectivity index (χ1v) is 10.4. The Kier molecular flexibility index (Phi) is 5.35. The molecule has 2 atom stereocenters. The number of ketones is 1. The average molecular weight is 396 g/mol. The zero-order valence-electron chi connectivity index (χ0n) is 16.9. The number of phenolic OH excluding ortho intramolecular Hbond substituents is 1. The molecule has 29 heavy (non-hydrogen) atoms. The number of methoxy groups -OCH3 is 1. The van der Waals surface area contributed by atoms with Gasteiger partial charge in [0.15, 0.2) is 17.3 Å². The Hall–Kier alpha value is -2.76.